The minimum absolute atomic E-state index is 0.120. The second-order valence-electron chi connectivity index (χ2n) is 4.41. The number of nitrogens with zero attached hydrogens (tertiary/aromatic N) is 1. The molecule has 3 atom stereocenters. The molecule has 2 rings (SSSR count). The average molecular weight is 253 g/mol. The summed E-state index contributed by atoms with van der Waals surface area (Å²) in [5.74, 6) is 0. The second-order valence-corrected chi connectivity index (χ2v) is 4.91. The van der Waals surface area contributed by atoms with E-state index < -0.39 is 0 Å². The van der Waals surface area contributed by atoms with Gasteiger partial charge in [0.1, 0.15) is 6.29 Å². The highest BCUT2D eigenvalue weighted by atomic mass is 35.5. The molecular weight excluding hydrogens is 236 g/mol. The zero-order valence-electron chi connectivity index (χ0n) is 9.84. The lowest BCUT2D eigenvalue weighted by atomic mass is 10.0. The van der Waals surface area contributed by atoms with E-state index in [2.05, 4.69) is 17.4 Å². The summed E-state index contributed by atoms with van der Waals surface area (Å²) in [7, 11) is 1.89. The van der Waals surface area contributed by atoms with Crippen LogP contribution in [-0.2, 0) is 4.79 Å². The molecule has 3 unspecified atom stereocenters. The lowest BCUT2D eigenvalue weighted by Gasteiger charge is -2.24. The average Bonchev–Trinajstić information content (AvgIpc) is 2.51. The fraction of sp³-hybridized carbons (Fsp3) is 0.462. The molecule has 1 saturated heterocycles. The first kappa shape index (κ1) is 12.6. The van der Waals surface area contributed by atoms with Crippen LogP contribution in [0.1, 0.15) is 18.0 Å². The van der Waals surface area contributed by atoms with Crippen molar-refractivity contribution in [3.8, 4) is 0 Å². The zero-order valence-corrected chi connectivity index (χ0v) is 10.6. The van der Waals surface area contributed by atoms with Crippen molar-refractivity contribution in [3.63, 3.8) is 0 Å². The van der Waals surface area contributed by atoms with Crippen molar-refractivity contribution in [1.82, 2.24) is 10.2 Å². The van der Waals surface area contributed by atoms with Crippen molar-refractivity contribution >= 4 is 17.9 Å². The Labute approximate surface area is 107 Å². The van der Waals surface area contributed by atoms with Crippen molar-refractivity contribution < 1.29 is 4.79 Å². The lowest BCUT2D eigenvalue weighted by Crippen LogP contribution is -2.40. The molecule has 1 aliphatic heterocycles. The molecule has 3 nitrogen and oxygen atoms in total. The number of aldehydes is 1. The van der Waals surface area contributed by atoms with E-state index in [1.54, 1.807) is 0 Å². The third-order valence-electron chi connectivity index (χ3n) is 3.33. The summed E-state index contributed by atoms with van der Waals surface area (Å²) in [5, 5.41) is 3.40. The third kappa shape index (κ3) is 2.86. The summed E-state index contributed by atoms with van der Waals surface area (Å²) in [6.45, 7) is 0.642. The van der Waals surface area contributed by atoms with E-state index in [1.807, 2.05) is 30.1 Å². The molecule has 0 aliphatic carbocycles. The highest BCUT2D eigenvalue weighted by Crippen LogP contribution is 2.25. The molecule has 1 aliphatic rings. The van der Waals surface area contributed by atoms with E-state index >= 15 is 0 Å². The normalized spacial score (nSPS) is 30.8. The summed E-state index contributed by atoms with van der Waals surface area (Å²) in [4.78, 5) is 12.9. The van der Waals surface area contributed by atoms with E-state index in [0.29, 0.717) is 6.54 Å². The largest absolute Gasteiger partial charge is 0.308 e. The Hall–Kier alpha value is -0.900. The van der Waals surface area contributed by atoms with Gasteiger partial charge in [0.2, 0.25) is 0 Å². The van der Waals surface area contributed by atoms with Crippen LogP contribution in [0.2, 0.25) is 0 Å². The van der Waals surface area contributed by atoms with Crippen molar-refractivity contribution in [2.24, 2.45) is 0 Å². The molecule has 0 amide bonds. The van der Waals surface area contributed by atoms with Crippen LogP contribution >= 0.6 is 11.6 Å². The van der Waals surface area contributed by atoms with Gasteiger partial charge < -0.3 is 10.1 Å². The first-order chi connectivity index (χ1) is 8.22. The molecule has 0 saturated carbocycles. The van der Waals surface area contributed by atoms with Crippen molar-refractivity contribution in [1.29, 1.82) is 0 Å². The topological polar surface area (TPSA) is 32.3 Å². The van der Waals surface area contributed by atoms with E-state index in [9.17, 15) is 4.79 Å². The van der Waals surface area contributed by atoms with Gasteiger partial charge in [0.15, 0.2) is 0 Å². The van der Waals surface area contributed by atoms with Gasteiger partial charge in [-0.15, -0.1) is 11.6 Å². The van der Waals surface area contributed by atoms with Crippen LogP contribution in [0.5, 0.6) is 0 Å². The number of rotatable bonds is 2. The van der Waals surface area contributed by atoms with Crippen LogP contribution in [0, 0.1) is 0 Å². The van der Waals surface area contributed by atoms with E-state index in [-0.39, 0.29) is 17.6 Å². The van der Waals surface area contributed by atoms with Gasteiger partial charge in [-0.25, -0.2) is 0 Å². The number of alkyl halides is 1. The first-order valence-corrected chi connectivity index (χ1v) is 6.25. The van der Waals surface area contributed by atoms with Crippen LogP contribution in [0.4, 0.5) is 0 Å². The summed E-state index contributed by atoms with van der Waals surface area (Å²) >= 11 is 6.32. The molecule has 1 aromatic carbocycles. The molecule has 1 N–H and O–H groups in total. The molecule has 1 fully saturated rings. The van der Waals surface area contributed by atoms with E-state index in [4.69, 9.17) is 11.6 Å². The third-order valence-corrected chi connectivity index (χ3v) is 3.81. The van der Waals surface area contributed by atoms with Gasteiger partial charge >= 0.3 is 0 Å². The van der Waals surface area contributed by atoms with Crippen LogP contribution in [0.3, 0.4) is 0 Å². The molecular formula is C13H17ClN2O. The van der Waals surface area contributed by atoms with Crippen molar-refractivity contribution in [2.75, 3.05) is 13.6 Å². The standard InChI is InChI=1S/C13H17ClN2O/c1-16-11(9-17)8-15-12(7-13(16)14)10-5-3-2-4-6-10/h2-6,9,11-13,15H,7-8H2,1H3. The smallest absolute Gasteiger partial charge is 0.138 e. The van der Waals surface area contributed by atoms with Crippen LogP contribution in [-0.4, -0.2) is 36.3 Å². The number of hydrogen-bond acceptors (Lipinski definition) is 3. The zero-order chi connectivity index (χ0) is 12.3. The quantitative estimate of drug-likeness (QED) is 0.495. The number of benzene rings is 1. The summed E-state index contributed by atoms with van der Waals surface area (Å²) in [6, 6.07) is 10.3. The summed E-state index contributed by atoms with van der Waals surface area (Å²) in [6.07, 6.45) is 1.75. The van der Waals surface area contributed by atoms with Gasteiger partial charge in [-0.2, -0.15) is 0 Å². The van der Waals surface area contributed by atoms with E-state index in [1.165, 1.54) is 5.56 Å². The van der Waals surface area contributed by atoms with Gasteiger partial charge in [-0.3, -0.25) is 4.90 Å². The monoisotopic (exact) mass is 252 g/mol. The van der Waals surface area contributed by atoms with Crippen LogP contribution in [0.25, 0.3) is 0 Å². The minimum atomic E-state index is -0.147. The molecule has 0 spiro atoms. The van der Waals surface area contributed by atoms with Crippen molar-refractivity contribution in [2.45, 2.75) is 24.0 Å². The highest BCUT2D eigenvalue weighted by molar-refractivity contribution is 6.20. The van der Waals surface area contributed by atoms with Gasteiger partial charge in [0.25, 0.3) is 0 Å². The van der Waals surface area contributed by atoms with Gasteiger partial charge in [0.05, 0.1) is 11.5 Å². The van der Waals surface area contributed by atoms with Crippen LogP contribution in [0.15, 0.2) is 30.3 Å². The Morgan fingerprint density at radius 3 is 2.76 bits per heavy atom. The molecule has 92 valence electrons. The maximum absolute atomic E-state index is 11.0. The molecule has 0 aromatic heterocycles. The Kier molecular flexibility index (Phi) is 4.15. The number of carbonyl (C=O) groups excluding carboxylic acids is 1. The molecule has 0 radical (unpaired) electrons. The van der Waals surface area contributed by atoms with Crippen molar-refractivity contribution in [3.05, 3.63) is 35.9 Å². The Morgan fingerprint density at radius 2 is 2.12 bits per heavy atom. The van der Waals surface area contributed by atoms with E-state index in [0.717, 1.165) is 12.7 Å². The number of likely N-dealkylation sites (N-methyl/N-ethyl adjacent to an activating group) is 1. The van der Waals surface area contributed by atoms with Crippen LogP contribution < -0.4 is 5.32 Å². The molecule has 17 heavy (non-hydrogen) atoms. The second kappa shape index (κ2) is 5.63. The number of nitrogens with one attached hydrogen (secondary N) is 1. The molecule has 0 bridgehead atoms. The fourth-order valence-electron chi connectivity index (χ4n) is 2.14. The summed E-state index contributed by atoms with van der Waals surface area (Å²) < 4.78 is 0. The maximum atomic E-state index is 11.0. The van der Waals surface area contributed by atoms with Gasteiger partial charge in [-0.05, 0) is 19.0 Å². The first-order valence-electron chi connectivity index (χ1n) is 5.82. The minimum Gasteiger partial charge on any atom is -0.308 e. The predicted molar refractivity (Wildman–Crippen MR) is 69.1 cm³/mol. The number of carbonyl (C=O) groups is 1. The Balaban J connectivity index is 2.14. The maximum Gasteiger partial charge on any atom is 0.138 e. The Morgan fingerprint density at radius 1 is 1.41 bits per heavy atom. The highest BCUT2D eigenvalue weighted by Gasteiger charge is 2.28. The SMILES string of the molecule is CN1C(Cl)CC(c2ccccc2)NCC1C=O. The molecule has 1 aromatic rings. The fourth-order valence-corrected chi connectivity index (χ4v) is 2.47. The van der Waals surface area contributed by atoms with Gasteiger partial charge in [-0.1, -0.05) is 30.3 Å². The Bertz CT molecular complexity index is 371. The van der Waals surface area contributed by atoms with Gasteiger partial charge in [0, 0.05) is 12.6 Å². The lowest BCUT2D eigenvalue weighted by molar-refractivity contribution is -0.111. The molecule has 4 heteroatoms. The number of halogens is 1. The number of hydrogen-bond donors (Lipinski definition) is 1. The summed E-state index contributed by atoms with van der Waals surface area (Å²) in [5.41, 5.74) is 1.10. The molecule has 1 heterocycles. The predicted octanol–water partition coefficient (Wildman–Crippen LogP) is 1.79.